The van der Waals surface area contributed by atoms with Crippen LogP contribution < -0.4 is 0 Å². The molecule has 0 radical (unpaired) electrons. The second-order valence-electron chi connectivity index (χ2n) is 5.88. The summed E-state index contributed by atoms with van der Waals surface area (Å²) in [5, 5.41) is 0. The summed E-state index contributed by atoms with van der Waals surface area (Å²) in [7, 11) is 0. The van der Waals surface area contributed by atoms with Crippen LogP contribution in [0.15, 0.2) is 35.9 Å². The van der Waals surface area contributed by atoms with Crippen molar-refractivity contribution < 1.29 is 0 Å². The maximum atomic E-state index is 2.25. The van der Waals surface area contributed by atoms with E-state index in [1.165, 1.54) is 22.3 Å². The molecule has 0 saturated carbocycles. The minimum Gasteiger partial charge on any atom is -0.0789 e. The third-order valence-corrected chi connectivity index (χ3v) is 2.88. The molecular formula is C17H24. The molecule has 0 heterocycles. The monoisotopic (exact) mass is 228 g/mol. The van der Waals surface area contributed by atoms with Gasteiger partial charge in [0, 0.05) is 0 Å². The fourth-order valence-corrected chi connectivity index (χ4v) is 1.60. The molecule has 0 fully saturated rings. The molecule has 92 valence electrons. The van der Waals surface area contributed by atoms with Gasteiger partial charge in [-0.2, -0.15) is 0 Å². The molecule has 1 aromatic carbocycles. The normalized spacial score (nSPS) is 13.4. The van der Waals surface area contributed by atoms with Gasteiger partial charge in [0.05, 0.1) is 0 Å². The van der Waals surface area contributed by atoms with E-state index in [2.05, 4.69) is 78.0 Å². The highest BCUT2D eigenvalue weighted by molar-refractivity contribution is 5.59. The molecule has 1 aromatic rings. The van der Waals surface area contributed by atoms with Crippen LogP contribution in [0.5, 0.6) is 0 Å². The zero-order valence-corrected chi connectivity index (χ0v) is 12.0. The Morgan fingerprint density at radius 2 is 1.76 bits per heavy atom. The van der Waals surface area contributed by atoms with Gasteiger partial charge in [-0.25, -0.2) is 0 Å². The van der Waals surface area contributed by atoms with Crippen LogP contribution in [0, 0.1) is 19.3 Å². The summed E-state index contributed by atoms with van der Waals surface area (Å²) in [6.45, 7) is 13.1. The van der Waals surface area contributed by atoms with Gasteiger partial charge in [-0.05, 0) is 42.9 Å². The van der Waals surface area contributed by atoms with E-state index >= 15 is 0 Å². The minimum atomic E-state index is 0.247. The van der Waals surface area contributed by atoms with Gasteiger partial charge in [0.15, 0.2) is 0 Å². The zero-order valence-electron chi connectivity index (χ0n) is 12.0. The molecule has 17 heavy (non-hydrogen) atoms. The van der Waals surface area contributed by atoms with Crippen LogP contribution >= 0.6 is 0 Å². The Kier molecular flexibility index (Phi) is 4.34. The van der Waals surface area contributed by atoms with Gasteiger partial charge < -0.3 is 0 Å². The van der Waals surface area contributed by atoms with E-state index in [1.807, 2.05) is 0 Å². The number of hydrogen-bond donors (Lipinski definition) is 0. The molecule has 0 saturated heterocycles. The molecule has 0 aliphatic heterocycles. The lowest BCUT2D eigenvalue weighted by atomic mass is 9.95. The predicted octanol–water partition coefficient (Wildman–Crippen LogP) is 5.31. The zero-order chi connectivity index (χ0) is 13.1. The molecule has 0 nitrogen and oxygen atoms in total. The third kappa shape index (κ3) is 4.60. The molecule has 0 unspecified atom stereocenters. The van der Waals surface area contributed by atoms with Crippen molar-refractivity contribution in [2.45, 2.75) is 41.5 Å². The highest BCUT2D eigenvalue weighted by Gasteiger charge is 2.03. The van der Waals surface area contributed by atoms with Crippen molar-refractivity contribution in [3.05, 3.63) is 52.6 Å². The van der Waals surface area contributed by atoms with Crippen molar-refractivity contribution in [3.8, 4) is 0 Å². The molecule has 0 bridgehead atoms. The van der Waals surface area contributed by atoms with E-state index in [9.17, 15) is 0 Å². The maximum absolute atomic E-state index is 2.25. The molecule has 0 N–H and O–H groups in total. The predicted molar refractivity (Wildman–Crippen MR) is 78.2 cm³/mol. The molecule has 0 heteroatoms. The standard InChI is InChI=1S/C17H24/c1-13(10-11-17(4,5)6)12-16-9-7-8-14(2)15(16)3/h7-12H,1-6H3/b11-10?,13-12-. The fraction of sp³-hybridized carbons (Fsp3) is 0.412. The smallest absolute Gasteiger partial charge is 0.0200 e. The average molecular weight is 228 g/mol. The Hall–Kier alpha value is -1.30. The first-order valence-corrected chi connectivity index (χ1v) is 6.23. The summed E-state index contributed by atoms with van der Waals surface area (Å²) >= 11 is 0. The molecule has 0 atom stereocenters. The second kappa shape index (κ2) is 5.35. The van der Waals surface area contributed by atoms with E-state index in [0.717, 1.165) is 0 Å². The van der Waals surface area contributed by atoms with Gasteiger partial charge >= 0.3 is 0 Å². The number of hydrogen-bond acceptors (Lipinski definition) is 0. The van der Waals surface area contributed by atoms with Crippen molar-refractivity contribution in [2.75, 3.05) is 0 Å². The summed E-state index contributed by atoms with van der Waals surface area (Å²) in [6.07, 6.45) is 6.72. The Balaban J connectivity index is 2.96. The Bertz CT molecular complexity index is 440. The van der Waals surface area contributed by atoms with Gasteiger partial charge in [0.2, 0.25) is 0 Å². The second-order valence-corrected chi connectivity index (χ2v) is 5.88. The van der Waals surface area contributed by atoms with Crippen LogP contribution in [-0.4, -0.2) is 0 Å². The topological polar surface area (TPSA) is 0 Å². The Labute approximate surface area is 106 Å². The molecular weight excluding hydrogens is 204 g/mol. The number of rotatable bonds is 2. The summed E-state index contributed by atoms with van der Waals surface area (Å²) in [5.74, 6) is 0. The van der Waals surface area contributed by atoms with E-state index in [0.29, 0.717) is 0 Å². The van der Waals surface area contributed by atoms with Crippen molar-refractivity contribution in [1.82, 2.24) is 0 Å². The summed E-state index contributed by atoms with van der Waals surface area (Å²) in [6, 6.07) is 6.46. The van der Waals surface area contributed by atoms with E-state index < -0.39 is 0 Å². The quantitative estimate of drug-likeness (QED) is 0.602. The first-order valence-electron chi connectivity index (χ1n) is 6.23. The average Bonchev–Trinajstić information content (AvgIpc) is 2.21. The van der Waals surface area contributed by atoms with Crippen molar-refractivity contribution in [1.29, 1.82) is 0 Å². The van der Waals surface area contributed by atoms with Crippen molar-refractivity contribution in [3.63, 3.8) is 0 Å². The van der Waals surface area contributed by atoms with Gasteiger partial charge in [0.1, 0.15) is 0 Å². The Morgan fingerprint density at radius 1 is 1.12 bits per heavy atom. The van der Waals surface area contributed by atoms with Crippen molar-refractivity contribution in [2.24, 2.45) is 5.41 Å². The molecule has 1 rings (SSSR count). The summed E-state index contributed by atoms with van der Waals surface area (Å²) in [4.78, 5) is 0. The first-order chi connectivity index (χ1) is 7.79. The molecule has 0 aliphatic carbocycles. The largest absolute Gasteiger partial charge is 0.0789 e. The van der Waals surface area contributed by atoms with Gasteiger partial charge in [-0.15, -0.1) is 0 Å². The first kappa shape index (κ1) is 13.8. The summed E-state index contributed by atoms with van der Waals surface area (Å²) in [5.41, 5.74) is 5.59. The highest BCUT2D eigenvalue weighted by atomic mass is 14.1. The molecule has 0 amide bonds. The maximum Gasteiger partial charge on any atom is -0.0200 e. The number of benzene rings is 1. The number of allylic oxidation sites excluding steroid dienone is 3. The van der Waals surface area contributed by atoms with Crippen molar-refractivity contribution >= 4 is 6.08 Å². The lowest BCUT2D eigenvalue weighted by Crippen LogP contribution is -1.98. The highest BCUT2D eigenvalue weighted by Crippen LogP contribution is 2.19. The SMILES string of the molecule is C/C(C=CC(C)(C)C)=C/c1cccc(C)c1C. The molecule has 0 spiro atoms. The van der Waals surface area contributed by atoms with Crippen LogP contribution in [0.3, 0.4) is 0 Å². The minimum absolute atomic E-state index is 0.247. The molecule has 0 aromatic heterocycles. The van der Waals surface area contributed by atoms with Crippen LogP contribution in [0.2, 0.25) is 0 Å². The van der Waals surface area contributed by atoms with E-state index in [-0.39, 0.29) is 5.41 Å². The van der Waals surface area contributed by atoms with Crippen LogP contribution in [0.25, 0.3) is 6.08 Å². The van der Waals surface area contributed by atoms with E-state index in [1.54, 1.807) is 0 Å². The lowest BCUT2D eigenvalue weighted by molar-refractivity contribution is 0.544. The van der Waals surface area contributed by atoms with Crippen LogP contribution in [0.4, 0.5) is 0 Å². The lowest BCUT2D eigenvalue weighted by Gasteiger charge is -2.11. The van der Waals surface area contributed by atoms with Gasteiger partial charge in [-0.1, -0.05) is 62.8 Å². The molecule has 0 aliphatic rings. The van der Waals surface area contributed by atoms with Gasteiger partial charge in [-0.3, -0.25) is 0 Å². The Morgan fingerprint density at radius 3 is 2.35 bits per heavy atom. The van der Waals surface area contributed by atoms with Crippen LogP contribution in [0.1, 0.15) is 44.4 Å². The van der Waals surface area contributed by atoms with Crippen LogP contribution in [-0.2, 0) is 0 Å². The third-order valence-electron chi connectivity index (χ3n) is 2.88. The van der Waals surface area contributed by atoms with E-state index in [4.69, 9.17) is 0 Å². The number of aryl methyl sites for hydroxylation is 1. The fourth-order valence-electron chi connectivity index (χ4n) is 1.60. The summed E-state index contributed by atoms with van der Waals surface area (Å²) < 4.78 is 0. The van der Waals surface area contributed by atoms with Gasteiger partial charge in [0.25, 0.3) is 0 Å².